The molecule has 2 N–H and O–H groups in total. The van der Waals surface area contributed by atoms with E-state index in [2.05, 4.69) is 43.0 Å². The quantitative estimate of drug-likeness (QED) is 0.863. The van der Waals surface area contributed by atoms with Crippen molar-refractivity contribution < 1.29 is 0 Å². The molecule has 0 radical (unpaired) electrons. The Hall–Kier alpha value is -0.860. The van der Waals surface area contributed by atoms with Crippen molar-refractivity contribution in [3.8, 4) is 0 Å². The smallest absolute Gasteiger partial charge is 0.0343 e. The molecular weight excluding hydrogens is 208 g/mol. The Morgan fingerprint density at radius 1 is 1.29 bits per heavy atom. The molecule has 1 unspecified atom stereocenters. The van der Waals surface area contributed by atoms with Gasteiger partial charge in [-0.15, -0.1) is 0 Å². The molecule has 1 saturated heterocycles. The van der Waals surface area contributed by atoms with Crippen LogP contribution in [0.15, 0.2) is 24.3 Å². The first-order chi connectivity index (χ1) is 8.14. The first-order valence-corrected chi connectivity index (χ1v) is 6.65. The summed E-state index contributed by atoms with van der Waals surface area (Å²) in [6.07, 6.45) is 3.71. The summed E-state index contributed by atoms with van der Waals surface area (Å²) in [5.41, 5.74) is 8.90. The van der Waals surface area contributed by atoms with E-state index < -0.39 is 0 Å². The molecule has 1 fully saturated rings. The number of benzene rings is 1. The minimum atomic E-state index is 0.129. The van der Waals surface area contributed by atoms with Crippen LogP contribution in [0.5, 0.6) is 0 Å². The summed E-state index contributed by atoms with van der Waals surface area (Å²) in [7, 11) is 0. The van der Waals surface area contributed by atoms with Crippen LogP contribution in [0, 0.1) is 6.92 Å². The van der Waals surface area contributed by atoms with Gasteiger partial charge in [0, 0.05) is 12.1 Å². The minimum absolute atomic E-state index is 0.129. The molecule has 0 amide bonds. The lowest BCUT2D eigenvalue weighted by atomic mass is 9.90. The van der Waals surface area contributed by atoms with Crippen molar-refractivity contribution in [3.05, 3.63) is 35.4 Å². The zero-order valence-corrected chi connectivity index (χ0v) is 11.1. The van der Waals surface area contributed by atoms with E-state index in [-0.39, 0.29) is 5.54 Å². The second-order valence-corrected chi connectivity index (χ2v) is 5.56. The maximum absolute atomic E-state index is 6.03. The SMILES string of the molecule is Cc1cccc(CC(C)(CN)N2CCCC2)c1. The summed E-state index contributed by atoms with van der Waals surface area (Å²) in [5, 5.41) is 0. The number of rotatable bonds is 4. The summed E-state index contributed by atoms with van der Waals surface area (Å²) in [6, 6.07) is 8.80. The van der Waals surface area contributed by atoms with Crippen molar-refractivity contribution in [3.63, 3.8) is 0 Å². The van der Waals surface area contributed by atoms with E-state index >= 15 is 0 Å². The van der Waals surface area contributed by atoms with E-state index in [1.165, 1.54) is 37.1 Å². The Balaban J connectivity index is 2.13. The van der Waals surface area contributed by atoms with Crippen LogP contribution in [0.4, 0.5) is 0 Å². The van der Waals surface area contributed by atoms with E-state index in [1.54, 1.807) is 0 Å². The van der Waals surface area contributed by atoms with Crippen molar-refractivity contribution in [2.24, 2.45) is 5.73 Å². The molecule has 1 heterocycles. The van der Waals surface area contributed by atoms with Gasteiger partial charge in [-0.1, -0.05) is 29.8 Å². The van der Waals surface area contributed by atoms with Gasteiger partial charge in [-0.2, -0.15) is 0 Å². The van der Waals surface area contributed by atoms with Crippen molar-refractivity contribution in [2.45, 2.75) is 38.6 Å². The predicted octanol–water partition coefficient (Wildman–Crippen LogP) is 2.35. The van der Waals surface area contributed by atoms with Gasteiger partial charge in [-0.25, -0.2) is 0 Å². The van der Waals surface area contributed by atoms with Crippen molar-refractivity contribution in [1.82, 2.24) is 4.90 Å². The van der Waals surface area contributed by atoms with Gasteiger partial charge in [-0.3, -0.25) is 4.90 Å². The van der Waals surface area contributed by atoms with Gasteiger partial charge in [0.1, 0.15) is 0 Å². The van der Waals surface area contributed by atoms with Crippen LogP contribution in [-0.2, 0) is 6.42 Å². The van der Waals surface area contributed by atoms with E-state index in [1.807, 2.05) is 0 Å². The fourth-order valence-corrected chi connectivity index (χ4v) is 2.83. The summed E-state index contributed by atoms with van der Waals surface area (Å²) in [4.78, 5) is 2.56. The van der Waals surface area contributed by atoms with Crippen LogP contribution < -0.4 is 5.73 Å². The Morgan fingerprint density at radius 3 is 2.59 bits per heavy atom. The molecular formula is C15H24N2. The minimum Gasteiger partial charge on any atom is -0.329 e. The largest absolute Gasteiger partial charge is 0.329 e. The number of likely N-dealkylation sites (tertiary alicyclic amines) is 1. The monoisotopic (exact) mass is 232 g/mol. The van der Waals surface area contributed by atoms with Crippen LogP contribution in [0.3, 0.4) is 0 Å². The first-order valence-electron chi connectivity index (χ1n) is 6.65. The highest BCUT2D eigenvalue weighted by molar-refractivity contribution is 5.24. The number of nitrogens with zero attached hydrogens (tertiary/aromatic N) is 1. The number of aryl methyl sites for hydroxylation is 1. The van der Waals surface area contributed by atoms with Gasteiger partial charge in [0.15, 0.2) is 0 Å². The molecule has 0 saturated carbocycles. The van der Waals surface area contributed by atoms with Crippen LogP contribution in [0.1, 0.15) is 30.9 Å². The number of hydrogen-bond acceptors (Lipinski definition) is 2. The maximum atomic E-state index is 6.03. The van der Waals surface area contributed by atoms with Crippen LogP contribution >= 0.6 is 0 Å². The molecule has 1 aromatic rings. The Morgan fingerprint density at radius 2 is 2.00 bits per heavy atom. The van der Waals surface area contributed by atoms with Crippen molar-refractivity contribution in [1.29, 1.82) is 0 Å². The molecule has 0 aromatic heterocycles. The lowest BCUT2D eigenvalue weighted by Gasteiger charge is -2.38. The topological polar surface area (TPSA) is 29.3 Å². The lowest BCUT2D eigenvalue weighted by Crippen LogP contribution is -2.51. The van der Waals surface area contributed by atoms with Crippen LogP contribution in [-0.4, -0.2) is 30.1 Å². The maximum Gasteiger partial charge on any atom is 0.0343 e. The third-order valence-corrected chi connectivity index (χ3v) is 3.98. The second-order valence-electron chi connectivity index (χ2n) is 5.56. The van der Waals surface area contributed by atoms with E-state index in [9.17, 15) is 0 Å². The molecule has 2 heteroatoms. The molecule has 0 aliphatic carbocycles. The zero-order valence-electron chi connectivity index (χ0n) is 11.1. The third kappa shape index (κ3) is 2.88. The van der Waals surface area contributed by atoms with Crippen molar-refractivity contribution >= 4 is 0 Å². The average molecular weight is 232 g/mol. The molecule has 94 valence electrons. The first kappa shape index (κ1) is 12.6. The highest BCUT2D eigenvalue weighted by Crippen LogP contribution is 2.24. The highest BCUT2D eigenvalue weighted by atomic mass is 15.2. The van der Waals surface area contributed by atoms with Gasteiger partial charge >= 0.3 is 0 Å². The molecule has 1 atom stereocenters. The zero-order chi connectivity index (χ0) is 12.3. The fourth-order valence-electron chi connectivity index (χ4n) is 2.83. The molecule has 0 bridgehead atoms. The molecule has 1 aromatic carbocycles. The van der Waals surface area contributed by atoms with Gasteiger partial charge in [0.2, 0.25) is 0 Å². The van der Waals surface area contributed by atoms with Crippen LogP contribution in [0.25, 0.3) is 0 Å². The summed E-state index contributed by atoms with van der Waals surface area (Å²) in [5.74, 6) is 0. The number of nitrogens with two attached hydrogens (primary N) is 1. The summed E-state index contributed by atoms with van der Waals surface area (Å²) >= 11 is 0. The molecule has 2 nitrogen and oxygen atoms in total. The molecule has 1 aliphatic heterocycles. The van der Waals surface area contributed by atoms with E-state index in [4.69, 9.17) is 5.73 Å². The average Bonchev–Trinajstić information content (AvgIpc) is 2.83. The lowest BCUT2D eigenvalue weighted by molar-refractivity contribution is 0.143. The molecule has 1 aliphatic rings. The Bertz CT molecular complexity index is 369. The Labute approximate surface area is 105 Å². The van der Waals surface area contributed by atoms with Gasteiger partial charge < -0.3 is 5.73 Å². The normalized spacial score (nSPS) is 20.4. The van der Waals surface area contributed by atoms with Gasteiger partial charge in [0.25, 0.3) is 0 Å². The van der Waals surface area contributed by atoms with E-state index in [0.717, 1.165) is 13.0 Å². The Kier molecular flexibility index (Phi) is 3.85. The number of hydrogen-bond donors (Lipinski definition) is 1. The molecule has 17 heavy (non-hydrogen) atoms. The molecule has 0 spiro atoms. The van der Waals surface area contributed by atoms with Gasteiger partial charge in [-0.05, 0) is 51.8 Å². The second kappa shape index (κ2) is 5.19. The van der Waals surface area contributed by atoms with Crippen molar-refractivity contribution in [2.75, 3.05) is 19.6 Å². The standard InChI is InChI=1S/C15H24N2/c1-13-6-5-7-14(10-13)11-15(2,12-16)17-8-3-4-9-17/h5-7,10H,3-4,8-9,11-12,16H2,1-2H3. The summed E-state index contributed by atoms with van der Waals surface area (Å²) < 4.78 is 0. The summed E-state index contributed by atoms with van der Waals surface area (Å²) in [6.45, 7) is 7.61. The highest BCUT2D eigenvalue weighted by Gasteiger charge is 2.32. The fraction of sp³-hybridized carbons (Fsp3) is 0.600. The molecule has 2 rings (SSSR count). The van der Waals surface area contributed by atoms with Gasteiger partial charge in [0.05, 0.1) is 0 Å². The van der Waals surface area contributed by atoms with E-state index in [0.29, 0.717) is 0 Å². The third-order valence-electron chi connectivity index (χ3n) is 3.98. The predicted molar refractivity (Wildman–Crippen MR) is 73.1 cm³/mol. The van der Waals surface area contributed by atoms with Crippen LogP contribution in [0.2, 0.25) is 0 Å².